The fraction of sp³-hybridized carbons (Fsp3) is 0.381. The van der Waals surface area contributed by atoms with Crippen molar-refractivity contribution in [2.45, 2.75) is 50.5 Å². The Kier molecular flexibility index (Phi) is 5.67. The molecule has 5 nitrogen and oxygen atoms in total. The van der Waals surface area contributed by atoms with Gasteiger partial charge in [-0.15, -0.1) is 0 Å². The largest absolute Gasteiger partial charge is 0.346 e. The van der Waals surface area contributed by atoms with Crippen LogP contribution in [0.4, 0.5) is 0 Å². The zero-order valence-electron chi connectivity index (χ0n) is 16.0. The van der Waals surface area contributed by atoms with E-state index in [0.717, 1.165) is 24.0 Å². The van der Waals surface area contributed by atoms with Crippen LogP contribution in [0.2, 0.25) is 0 Å². The van der Waals surface area contributed by atoms with Gasteiger partial charge in [-0.25, -0.2) is 13.1 Å². The Hall–Kier alpha value is -2.18. The van der Waals surface area contributed by atoms with Gasteiger partial charge in [-0.1, -0.05) is 24.3 Å². The van der Waals surface area contributed by atoms with E-state index in [-0.39, 0.29) is 16.8 Å². The van der Waals surface area contributed by atoms with Gasteiger partial charge in [-0.2, -0.15) is 0 Å². The molecule has 1 aliphatic carbocycles. The number of aryl methyl sites for hydroxylation is 3. The smallest absolute Gasteiger partial charge is 0.252 e. The van der Waals surface area contributed by atoms with Gasteiger partial charge in [0.05, 0.1) is 10.9 Å². The van der Waals surface area contributed by atoms with E-state index < -0.39 is 10.0 Å². The standard InChI is InChI=1S/C21H26N2O3S/c1-14-8-11-19(27(25,26)22-3)13-20(14)21(24)23-15(2)17-10-9-16-6-4-5-7-18(16)12-17/h8-13,15,22H,4-7H2,1-3H3,(H,23,24). The number of hydrogen-bond donors (Lipinski definition) is 2. The number of carbonyl (C=O) groups is 1. The molecule has 27 heavy (non-hydrogen) atoms. The number of nitrogens with one attached hydrogen (secondary N) is 2. The number of hydrogen-bond acceptors (Lipinski definition) is 3. The summed E-state index contributed by atoms with van der Waals surface area (Å²) in [5, 5.41) is 3.00. The molecule has 0 bridgehead atoms. The lowest BCUT2D eigenvalue weighted by atomic mass is 9.89. The summed E-state index contributed by atoms with van der Waals surface area (Å²) >= 11 is 0. The fourth-order valence-electron chi connectivity index (χ4n) is 3.51. The number of fused-ring (bicyclic) bond motifs is 1. The first-order valence-corrected chi connectivity index (χ1v) is 10.8. The fourth-order valence-corrected chi connectivity index (χ4v) is 4.27. The molecule has 2 aromatic carbocycles. The summed E-state index contributed by atoms with van der Waals surface area (Å²) in [6.07, 6.45) is 4.67. The van der Waals surface area contributed by atoms with Crippen LogP contribution < -0.4 is 10.0 Å². The minimum atomic E-state index is -3.59. The maximum absolute atomic E-state index is 12.8. The van der Waals surface area contributed by atoms with Gasteiger partial charge >= 0.3 is 0 Å². The summed E-state index contributed by atoms with van der Waals surface area (Å²) in [7, 11) is -2.24. The van der Waals surface area contributed by atoms with E-state index in [1.807, 2.05) is 6.92 Å². The van der Waals surface area contributed by atoms with Crippen molar-refractivity contribution in [3.05, 3.63) is 64.2 Å². The molecule has 0 aliphatic heterocycles. The molecular weight excluding hydrogens is 360 g/mol. The molecule has 1 aliphatic rings. The average molecular weight is 387 g/mol. The predicted molar refractivity (Wildman–Crippen MR) is 106 cm³/mol. The Bertz CT molecular complexity index is 967. The van der Waals surface area contributed by atoms with Crippen LogP contribution in [0.1, 0.15) is 58.4 Å². The maximum Gasteiger partial charge on any atom is 0.252 e. The van der Waals surface area contributed by atoms with E-state index in [2.05, 4.69) is 28.2 Å². The predicted octanol–water partition coefficient (Wildman–Crippen LogP) is 3.27. The lowest BCUT2D eigenvalue weighted by molar-refractivity contribution is 0.0939. The molecule has 144 valence electrons. The summed E-state index contributed by atoms with van der Waals surface area (Å²) in [4.78, 5) is 12.9. The summed E-state index contributed by atoms with van der Waals surface area (Å²) in [5.74, 6) is -0.272. The van der Waals surface area contributed by atoms with Crippen LogP contribution in [0.5, 0.6) is 0 Å². The molecule has 0 fully saturated rings. The number of amides is 1. The van der Waals surface area contributed by atoms with Crippen molar-refractivity contribution in [3.8, 4) is 0 Å². The highest BCUT2D eigenvalue weighted by atomic mass is 32.2. The third-order valence-electron chi connectivity index (χ3n) is 5.25. The second kappa shape index (κ2) is 7.82. The van der Waals surface area contributed by atoms with E-state index in [9.17, 15) is 13.2 Å². The summed E-state index contributed by atoms with van der Waals surface area (Å²) in [6, 6.07) is 10.9. The topological polar surface area (TPSA) is 75.3 Å². The first-order valence-electron chi connectivity index (χ1n) is 9.28. The van der Waals surface area contributed by atoms with E-state index >= 15 is 0 Å². The number of sulfonamides is 1. The third-order valence-corrected chi connectivity index (χ3v) is 6.66. The van der Waals surface area contributed by atoms with Crippen molar-refractivity contribution < 1.29 is 13.2 Å². The van der Waals surface area contributed by atoms with Crippen molar-refractivity contribution >= 4 is 15.9 Å². The first-order chi connectivity index (χ1) is 12.8. The van der Waals surface area contributed by atoms with Crippen LogP contribution in [0, 0.1) is 6.92 Å². The van der Waals surface area contributed by atoms with E-state index in [1.165, 1.54) is 43.1 Å². The molecule has 6 heteroatoms. The maximum atomic E-state index is 12.8. The monoisotopic (exact) mass is 386 g/mol. The Labute approximate surface area is 161 Å². The number of rotatable bonds is 5. The minimum Gasteiger partial charge on any atom is -0.346 e. The van der Waals surface area contributed by atoms with Crippen molar-refractivity contribution in [2.75, 3.05) is 7.05 Å². The minimum absolute atomic E-state index is 0.0854. The van der Waals surface area contributed by atoms with Crippen LogP contribution >= 0.6 is 0 Å². The van der Waals surface area contributed by atoms with Crippen molar-refractivity contribution in [1.29, 1.82) is 0 Å². The molecule has 0 aromatic heterocycles. The van der Waals surface area contributed by atoms with E-state index in [0.29, 0.717) is 5.56 Å². The quantitative estimate of drug-likeness (QED) is 0.828. The van der Waals surface area contributed by atoms with Gasteiger partial charge in [-0.05, 0) is 81.0 Å². The molecule has 0 spiro atoms. The molecule has 1 atom stereocenters. The SMILES string of the molecule is CNS(=O)(=O)c1ccc(C)c(C(=O)NC(C)c2ccc3c(c2)CCCC3)c1. The summed E-state index contributed by atoms with van der Waals surface area (Å²) in [5.41, 5.74) is 4.96. The van der Waals surface area contributed by atoms with Crippen molar-refractivity contribution in [2.24, 2.45) is 0 Å². The molecule has 2 N–H and O–H groups in total. The molecule has 0 saturated carbocycles. The highest BCUT2D eigenvalue weighted by molar-refractivity contribution is 7.89. The van der Waals surface area contributed by atoms with Crippen LogP contribution in [0.25, 0.3) is 0 Å². The Morgan fingerprint density at radius 1 is 1.04 bits per heavy atom. The molecule has 1 amide bonds. The lowest BCUT2D eigenvalue weighted by Gasteiger charge is -2.20. The van der Waals surface area contributed by atoms with Gasteiger partial charge in [-0.3, -0.25) is 4.79 Å². The zero-order valence-corrected chi connectivity index (χ0v) is 16.8. The zero-order chi connectivity index (χ0) is 19.6. The van der Waals surface area contributed by atoms with Crippen molar-refractivity contribution in [3.63, 3.8) is 0 Å². The molecule has 1 unspecified atom stereocenters. The second-order valence-corrected chi connectivity index (χ2v) is 9.00. The molecule has 0 radical (unpaired) electrons. The summed E-state index contributed by atoms with van der Waals surface area (Å²) < 4.78 is 26.3. The first kappa shape index (κ1) is 19.6. The Balaban J connectivity index is 1.82. The van der Waals surface area contributed by atoms with Gasteiger partial charge in [0.25, 0.3) is 5.91 Å². The van der Waals surface area contributed by atoms with Gasteiger partial charge < -0.3 is 5.32 Å². The number of benzene rings is 2. The molecule has 3 rings (SSSR count). The highest BCUT2D eigenvalue weighted by Gasteiger charge is 2.19. The van der Waals surface area contributed by atoms with Gasteiger partial charge in [0.1, 0.15) is 0 Å². The van der Waals surface area contributed by atoms with E-state index in [1.54, 1.807) is 13.0 Å². The molecule has 0 saturated heterocycles. The third kappa shape index (κ3) is 4.22. The van der Waals surface area contributed by atoms with E-state index in [4.69, 9.17) is 0 Å². The molecular formula is C21H26N2O3S. The molecule has 0 heterocycles. The molecule has 2 aromatic rings. The van der Waals surface area contributed by atoms with Crippen LogP contribution in [-0.4, -0.2) is 21.4 Å². The van der Waals surface area contributed by atoms with Crippen molar-refractivity contribution in [1.82, 2.24) is 10.0 Å². The summed E-state index contributed by atoms with van der Waals surface area (Å²) in [6.45, 7) is 3.75. The normalized spacial score (nSPS) is 15.1. The Morgan fingerprint density at radius 2 is 1.74 bits per heavy atom. The van der Waals surface area contributed by atoms with Crippen LogP contribution in [0.3, 0.4) is 0 Å². The average Bonchev–Trinajstić information content (AvgIpc) is 2.67. The van der Waals surface area contributed by atoms with Crippen LogP contribution in [-0.2, 0) is 22.9 Å². The number of carbonyl (C=O) groups excluding carboxylic acids is 1. The Morgan fingerprint density at radius 3 is 2.44 bits per heavy atom. The lowest BCUT2D eigenvalue weighted by Crippen LogP contribution is -2.28. The van der Waals surface area contributed by atoms with Gasteiger partial charge in [0, 0.05) is 5.56 Å². The van der Waals surface area contributed by atoms with Crippen LogP contribution in [0.15, 0.2) is 41.3 Å². The van der Waals surface area contributed by atoms with Gasteiger partial charge in [0.2, 0.25) is 10.0 Å². The second-order valence-electron chi connectivity index (χ2n) is 7.11. The van der Waals surface area contributed by atoms with Gasteiger partial charge in [0.15, 0.2) is 0 Å². The highest BCUT2D eigenvalue weighted by Crippen LogP contribution is 2.25.